The van der Waals surface area contributed by atoms with E-state index < -0.39 is 0 Å². The molecule has 2 N–H and O–H groups in total. The molecule has 2 atom stereocenters. The average molecular weight is 235 g/mol. The second-order valence-electron chi connectivity index (χ2n) is 4.99. The van der Waals surface area contributed by atoms with Crippen LogP contribution in [0.1, 0.15) is 49.4 Å². The smallest absolute Gasteiger partial charge is 0.0664 e. The maximum Gasteiger partial charge on any atom is 0.0664 e. The van der Waals surface area contributed by atoms with Gasteiger partial charge in [-0.2, -0.15) is 0 Å². The van der Waals surface area contributed by atoms with E-state index in [9.17, 15) is 5.11 Å². The van der Waals surface area contributed by atoms with Crippen molar-refractivity contribution in [2.45, 2.75) is 52.7 Å². The summed E-state index contributed by atoms with van der Waals surface area (Å²) < 4.78 is 0. The molecule has 1 aromatic rings. The van der Waals surface area contributed by atoms with Gasteiger partial charge in [0.1, 0.15) is 0 Å². The van der Waals surface area contributed by atoms with Crippen LogP contribution in [0.15, 0.2) is 18.2 Å². The van der Waals surface area contributed by atoms with Crippen molar-refractivity contribution in [2.75, 3.05) is 6.54 Å². The lowest BCUT2D eigenvalue weighted by atomic mass is 10.0. The molecule has 0 amide bonds. The molecule has 0 bridgehead atoms. The fraction of sp³-hybridized carbons (Fsp3) is 0.600. The summed E-state index contributed by atoms with van der Waals surface area (Å²) in [5.41, 5.74) is 3.89. The van der Waals surface area contributed by atoms with E-state index in [0.717, 1.165) is 12.8 Å². The van der Waals surface area contributed by atoms with Gasteiger partial charge in [0.15, 0.2) is 0 Å². The van der Waals surface area contributed by atoms with Crippen LogP contribution in [0.25, 0.3) is 0 Å². The third-order valence-corrected chi connectivity index (χ3v) is 3.03. The Kier molecular flexibility index (Phi) is 5.66. The van der Waals surface area contributed by atoms with Crippen LogP contribution in [0.2, 0.25) is 0 Å². The second-order valence-corrected chi connectivity index (χ2v) is 4.99. The van der Waals surface area contributed by atoms with E-state index in [-0.39, 0.29) is 6.10 Å². The third-order valence-electron chi connectivity index (χ3n) is 3.03. The molecule has 0 radical (unpaired) electrons. The van der Waals surface area contributed by atoms with Crippen molar-refractivity contribution in [2.24, 2.45) is 0 Å². The Morgan fingerprint density at radius 3 is 2.29 bits per heavy atom. The van der Waals surface area contributed by atoms with Crippen LogP contribution < -0.4 is 5.32 Å². The van der Waals surface area contributed by atoms with Gasteiger partial charge in [0.05, 0.1) is 6.10 Å². The van der Waals surface area contributed by atoms with Gasteiger partial charge in [-0.25, -0.2) is 0 Å². The predicted molar refractivity (Wildman–Crippen MR) is 73.2 cm³/mol. The minimum Gasteiger partial charge on any atom is -0.392 e. The first-order chi connectivity index (χ1) is 8.02. The molecule has 0 aliphatic rings. The SMILES string of the molecule is CCCC(O)CNC(C)c1cc(C)cc(C)c1. The first kappa shape index (κ1) is 14.2. The Morgan fingerprint density at radius 2 is 1.76 bits per heavy atom. The zero-order chi connectivity index (χ0) is 12.8. The standard InChI is InChI=1S/C15H25NO/c1-5-6-15(17)10-16-13(4)14-8-11(2)7-12(3)9-14/h7-9,13,15-17H,5-6,10H2,1-4H3. The highest BCUT2D eigenvalue weighted by Crippen LogP contribution is 2.16. The Hall–Kier alpha value is -0.860. The minimum atomic E-state index is -0.228. The Balaban J connectivity index is 2.54. The lowest BCUT2D eigenvalue weighted by Gasteiger charge is -2.18. The zero-order valence-corrected chi connectivity index (χ0v) is 11.5. The number of aryl methyl sites for hydroxylation is 2. The van der Waals surface area contributed by atoms with E-state index in [1.165, 1.54) is 16.7 Å². The summed E-state index contributed by atoms with van der Waals surface area (Å²) in [5, 5.41) is 13.1. The van der Waals surface area contributed by atoms with Gasteiger partial charge < -0.3 is 10.4 Å². The number of aliphatic hydroxyl groups is 1. The molecule has 96 valence electrons. The number of aliphatic hydroxyl groups excluding tert-OH is 1. The number of hydrogen-bond acceptors (Lipinski definition) is 2. The van der Waals surface area contributed by atoms with Crippen LogP contribution in [0.3, 0.4) is 0 Å². The van der Waals surface area contributed by atoms with Crippen LogP contribution in [-0.4, -0.2) is 17.8 Å². The normalized spacial score (nSPS) is 14.6. The minimum absolute atomic E-state index is 0.228. The average Bonchev–Trinajstić information content (AvgIpc) is 2.25. The topological polar surface area (TPSA) is 32.3 Å². The first-order valence-electron chi connectivity index (χ1n) is 6.52. The van der Waals surface area contributed by atoms with Gasteiger partial charge in [0.2, 0.25) is 0 Å². The van der Waals surface area contributed by atoms with E-state index in [1.807, 2.05) is 0 Å². The first-order valence-corrected chi connectivity index (χ1v) is 6.52. The van der Waals surface area contributed by atoms with Crippen LogP contribution in [0.5, 0.6) is 0 Å². The Morgan fingerprint density at radius 1 is 1.18 bits per heavy atom. The molecule has 0 aromatic heterocycles. The zero-order valence-electron chi connectivity index (χ0n) is 11.5. The van der Waals surface area contributed by atoms with Gasteiger partial charge in [0.25, 0.3) is 0 Å². The molecule has 0 heterocycles. The molecule has 0 saturated heterocycles. The predicted octanol–water partition coefficient (Wildman–Crippen LogP) is 3.12. The molecule has 1 aromatic carbocycles. The molecular weight excluding hydrogens is 210 g/mol. The number of benzene rings is 1. The summed E-state index contributed by atoms with van der Waals surface area (Å²) in [7, 11) is 0. The van der Waals surface area contributed by atoms with E-state index >= 15 is 0 Å². The Labute approximate surface area is 105 Å². The fourth-order valence-corrected chi connectivity index (χ4v) is 2.13. The summed E-state index contributed by atoms with van der Waals surface area (Å²) in [5.74, 6) is 0. The fourth-order valence-electron chi connectivity index (χ4n) is 2.13. The highest BCUT2D eigenvalue weighted by Gasteiger charge is 2.08. The summed E-state index contributed by atoms with van der Waals surface area (Å²) >= 11 is 0. The lowest BCUT2D eigenvalue weighted by molar-refractivity contribution is 0.157. The van der Waals surface area contributed by atoms with Gasteiger partial charge in [-0.15, -0.1) is 0 Å². The van der Waals surface area contributed by atoms with Crippen molar-refractivity contribution in [1.29, 1.82) is 0 Å². The monoisotopic (exact) mass is 235 g/mol. The van der Waals surface area contributed by atoms with Crippen molar-refractivity contribution in [3.05, 3.63) is 34.9 Å². The van der Waals surface area contributed by atoms with Crippen molar-refractivity contribution >= 4 is 0 Å². The van der Waals surface area contributed by atoms with Gasteiger partial charge in [-0.05, 0) is 32.8 Å². The summed E-state index contributed by atoms with van der Waals surface area (Å²) in [6.07, 6.45) is 1.67. The van der Waals surface area contributed by atoms with Crippen LogP contribution >= 0.6 is 0 Å². The number of hydrogen-bond donors (Lipinski definition) is 2. The molecule has 0 spiro atoms. The molecule has 17 heavy (non-hydrogen) atoms. The van der Waals surface area contributed by atoms with Crippen LogP contribution in [0.4, 0.5) is 0 Å². The molecule has 2 unspecified atom stereocenters. The van der Waals surface area contributed by atoms with E-state index in [4.69, 9.17) is 0 Å². The molecular formula is C15H25NO. The number of rotatable bonds is 6. The van der Waals surface area contributed by atoms with Gasteiger partial charge in [-0.3, -0.25) is 0 Å². The quantitative estimate of drug-likeness (QED) is 0.794. The molecule has 1 rings (SSSR count). The summed E-state index contributed by atoms with van der Waals surface area (Å²) in [6, 6.07) is 6.88. The van der Waals surface area contributed by atoms with Gasteiger partial charge in [-0.1, -0.05) is 42.7 Å². The van der Waals surface area contributed by atoms with Crippen molar-refractivity contribution in [3.8, 4) is 0 Å². The van der Waals surface area contributed by atoms with E-state index in [0.29, 0.717) is 12.6 Å². The van der Waals surface area contributed by atoms with Crippen molar-refractivity contribution < 1.29 is 5.11 Å². The molecule has 0 fully saturated rings. The van der Waals surface area contributed by atoms with Gasteiger partial charge >= 0.3 is 0 Å². The third kappa shape index (κ3) is 4.88. The van der Waals surface area contributed by atoms with Crippen LogP contribution in [0, 0.1) is 13.8 Å². The highest BCUT2D eigenvalue weighted by molar-refractivity contribution is 5.30. The maximum absolute atomic E-state index is 9.69. The molecule has 2 heteroatoms. The molecule has 0 aliphatic carbocycles. The van der Waals surface area contributed by atoms with Gasteiger partial charge in [0, 0.05) is 12.6 Å². The molecule has 0 saturated carbocycles. The number of nitrogens with one attached hydrogen (secondary N) is 1. The lowest BCUT2D eigenvalue weighted by Crippen LogP contribution is -2.29. The second kappa shape index (κ2) is 6.77. The van der Waals surface area contributed by atoms with Crippen molar-refractivity contribution in [1.82, 2.24) is 5.32 Å². The van der Waals surface area contributed by atoms with Crippen molar-refractivity contribution in [3.63, 3.8) is 0 Å². The largest absolute Gasteiger partial charge is 0.392 e. The maximum atomic E-state index is 9.69. The Bertz CT molecular complexity index is 329. The molecule has 2 nitrogen and oxygen atoms in total. The summed E-state index contributed by atoms with van der Waals surface area (Å²) in [6.45, 7) is 9.15. The summed E-state index contributed by atoms with van der Waals surface area (Å²) in [4.78, 5) is 0. The van der Waals surface area contributed by atoms with E-state index in [1.54, 1.807) is 0 Å². The molecule has 0 aliphatic heterocycles. The van der Waals surface area contributed by atoms with Crippen LogP contribution in [-0.2, 0) is 0 Å². The van der Waals surface area contributed by atoms with E-state index in [2.05, 4.69) is 51.2 Å². The highest BCUT2D eigenvalue weighted by atomic mass is 16.3.